The number of fused-ring (bicyclic) bond motifs is 1. The number of rotatable bonds is 9. The van der Waals surface area contributed by atoms with Gasteiger partial charge in [0.05, 0.1) is 18.4 Å². The predicted molar refractivity (Wildman–Crippen MR) is 143 cm³/mol. The molecule has 186 valence electrons. The number of nitrogens with two attached hydrogens (primary N) is 1. The van der Waals surface area contributed by atoms with Crippen molar-refractivity contribution in [1.29, 1.82) is 0 Å². The van der Waals surface area contributed by atoms with Crippen molar-refractivity contribution < 1.29 is 9.47 Å². The van der Waals surface area contributed by atoms with Gasteiger partial charge in [0.25, 0.3) is 0 Å². The molecule has 0 bridgehead atoms. The van der Waals surface area contributed by atoms with Crippen molar-refractivity contribution in [1.82, 2.24) is 24.5 Å². The van der Waals surface area contributed by atoms with E-state index in [1.807, 2.05) is 56.4 Å². The van der Waals surface area contributed by atoms with Crippen LogP contribution in [-0.2, 0) is 6.54 Å². The Hall–Kier alpha value is -4.99. The molecular formula is C27H26N8O2. The van der Waals surface area contributed by atoms with Crippen LogP contribution >= 0.6 is 0 Å². The fourth-order valence-corrected chi connectivity index (χ4v) is 3.84. The zero-order valence-electron chi connectivity index (χ0n) is 20.5. The van der Waals surface area contributed by atoms with Crippen molar-refractivity contribution in [2.75, 3.05) is 11.9 Å². The third kappa shape index (κ3) is 5.64. The summed E-state index contributed by atoms with van der Waals surface area (Å²) in [6, 6.07) is 15.1. The number of hydrogen-bond acceptors (Lipinski definition) is 8. The Morgan fingerprint density at radius 3 is 2.70 bits per heavy atom. The molecule has 0 radical (unpaired) electrons. The lowest BCUT2D eigenvalue weighted by Crippen LogP contribution is -2.08. The predicted octanol–water partition coefficient (Wildman–Crippen LogP) is 5.07. The first-order chi connectivity index (χ1) is 18.1. The highest BCUT2D eigenvalue weighted by Crippen LogP contribution is 2.31. The van der Waals surface area contributed by atoms with Gasteiger partial charge in [0.15, 0.2) is 5.82 Å². The van der Waals surface area contributed by atoms with Crippen LogP contribution in [0.2, 0.25) is 0 Å². The largest absolute Gasteiger partial charge is 0.492 e. The quantitative estimate of drug-likeness (QED) is 0.215. The van der Waals surface area contributed by atoms with Crippen LogP contribution < -0.4 is 20.5 Å². The van der Waals surface area contributed by atoms with Crippen LogP contribution in [0.4, 0.5) is 17.3 Å². The molecule has 5 rings (SSSR count). The number of aliphatic imine (C=N–C) groups is 1. The summed E-state index contributed by atoms with van der Waals surface area (Å²) in [4.78, 5) is 21.2. The summed E-state index contributed by atoms with van der Waals surface area (Å²) >= 11 is 0. The molecule has 0 saturated heterocycles. The van der Waals surface area contributed by atoms with Gasteiger partial charge in [-0.3, -0.25) is 0 Å². The van der Waals surface area contributed by atoms with Crippen molar-refractivity contribution in [3.05, 3.63) is 84.8 Å². The molecule has 0 fully saturated rings. The first kappa shape index (κ1) is 23.7. The lowest BCUT2D eigenvalue weighted by atomic mass is 10.2. The number of hydrogen-bond donors (Lipinski definition) is 2. The molecule has 3 heterocycles. The van der Waals surface area contributed by atoms with Gasteiger partial charge in [0, 0.05) is 35.7 Å². The van der Waals surface area contributed by atoms with E-state index < -0.39 is 0 Å². The molecule has 0 aliphatic rings. The molecule has 37 heavy (non-hydrogen) atoms. The first-order valence-electron chi connectivity index (χ1n) is 11.7. The second-order valence-corrected chi connectivity index (χ2v) is 8.25. The lowest BCUT2D eigenvalue weighted by molar-refractivity contribution is 0.297. The molecule has 2 aromatic carbocycles. The maximum atomic E-state index is 6.03. The summed E-state index contributed by atoms with van der Waals surface area (Å²) in [6.07, 6.45) is 8.10. The zero-order valence-corrected chi connectivity index (χ0v) is 20.5. The Labute approximate surface area is 213 Å². The summed E-state index contributed by atoms with van der Waals surface area (Å²) in [7, 11) is 0. The lowest BCUT2D eigenvalue weighted by Gasteiger charge is -2.13. The number of pyridine rings is 1. The molecule has 0 amide bonds. The average molecular weight is 495 g/mol. The van der Waals surface area contributed by atoms with E-state index in [1.165, 1.54) is 6.34 Å². The van der Waals surface area contributed by atoms with Gasteiger partial charge >= 0.3 is 0 Å². The van der Waals surface area contributed by atoms with Crippen LogP contribution in [0.1, 0.15) is 11.4 Å². The molecule has 3 N–H and O–H groups in total. The van der Waals surface area contributed by atoms with E-state index in [-0.39, 0.29) is 0 Å². The highest BCUT2D eigenvalue weighted by molar-refractivity contribution is 5.91. The van der Waals surface area contributed by atoms with Crippen LogP contribution in [-0.4, -0.2) is 37.4 Å². The molecular weight excluding hydrogens is 468 g/mol. The molecule has 0 aliphatic carbocycles. The summed E-state index contributed by atoms with van der Waals surface area (Å²) in [5.41, 5.74) is 7.99. The Kier molecular flexibility index (Phi) is 6.89. The molecule has 0 saturated carbocycles. The molecule has 0 unspecified atom stereocenters. The monoisotopic (exact) mass is 494 g/mol. The Morgan fingerprint density at radius 1 is 0.973 bits per heavy atom. The van der Waals surface area contributed by atoms with E-state index in [0.717, 1.165) is 46.0 Å². The minimum Gasteiger partial charge on any atom is -0.492 e. The molecule has 0 aliphatic heterocycles. The fourth-order valence-electron chi connectivity index (χ4n) is 3.84. The highest BCUT2D eigenvalue weighted by atomic mass is 16.5. The molecule has 10 heteroatoms. The number of nitrogens with one attached hydrogen (secondary N) is 1. The SMILES string of the molecule is Cc1cc(Nc2ncnc3ccc(OCCn4ccnc4C)cc23)ccc1Oc1ccnc(N=CN)c1. The summed E-state index contributed by atoms with van der Waals surface area (Å²) < 4.78 is 14.1. The van der Waals surface area contributed by atoms with E-state index in [4.69, 9.17) is 15.2 Å². The molecule has 0 atom stereocenters. The molecule has 0 spiro atoms. The average Bonchev–Trinajstić information content (AvgIpc) is 3.31. The molecule has 3 aromatic heterocycles. The normalized spacial score (nSPS) is 11.2. The van der Waals surface area contributed by atoms with Gasteiger partial charge in [-0.15, -0.1) is 0 Å². The van der Waals surface area contributed by atoms with E-state index >= 15 is 0 Å². The minimum atomic E-state index is 0.478. The topological polar surface area (TPSA) is 125 Å². The number of nitrogens with zero attached hydrogens (tertiary/aromatic N) is 6. The van der Waals surface area contributed by atoms with Crippen LogP contribution in [0.5, 0.6) is 17.2 Å². The van der Waals surface area contributed by atoms with Crippen molar-refractivity contribution >= 4 is 34.6 Å². The third-order valence-electron chi connectivity index (χ3n) is 5.72. The Balaban J connectivity index is 1.31. The number of ether oxygens (including phenoxy) is 2. The van der Waals surface area contributed by atoms with Gasteiger partial charge in [-0.2, -0.15) is 0 Å². The first-order valence-corrected chi connectivity index (χ1v) is 11.7. The second-order valence-electron chi connectivity index (χ2n) is 8.25. The van der Waals surface area contributed by atoms with E-state index in [2.05, 4.69) is 34.8 Å². The highest BCUT2D eigenvalue weighted by Gasteiger charge is 2.09. The van der Waals surface area contributed by atoms with Gasteiger partial charge in [0.1, 0.15) is 41.8 Å². The molecule has 5 aromatic rings. The van der Waals surface area contributed by atoms with Gasteiger partial charge in [-0.05, 0) is 61.9 Å². The minimum absolute atomic E-state index is 0.478. The number of anilines is 2. The summed E-state index contributed by atoms with van der Waals surface area (Å²) in [5.74, 6) is 4.21. The van der Waals surface area contributed by atoms with Gasteiger partial charge in [0.2, 0.25) is 0 Å². The summed E-state index contributed by atoms with van der Waals surface area (Å²) in [5, 5.41) is 4.26. The van der Waals surface area contributed by atoms with E-state index in [1.54, 1.807) is 30.9 Å². The van der Waals surface area contributed by atoms with Gasteiger partial charge < -0.3 is 25.1 Å². The van der Waals surface area contributed by atoms with Crippen molar-refractivity contribution in [3.63, 3.8) is 0 Å². The van der Waals surface area contributed by atoms with Crippen molar-refractivity contribution in [2.45, 2.75) is 20.4 Å². The maximum Gasteiger partial charge on any atom is 0.157 e. The van der Waals surface area contributed by atoms with Crippen LogP contribution in [0, 0.1) is 13.8 Å². The van der Waals surface area contributed by atoms with Crippen LogP contribution in [0.25, 0.3) is 10.9 Å². The van der Waals surface area contributed by atoms with Crippen LogP contribution in [0.15, 0.2) is 78.4 Å². The van der Waals surface area contributed by atoms with Gasteiger partial charge in [-0.1, -0.05) is 0 Å². The third-order valence-corrected chi connectivity index (χ3v) is 5.72. The second kappa shape index (κ2) is 10.7. The zero-order chi connectivity index (χ0) is 25.6. The number of aromatic nitrogens is 5. The van der Waals surface area contributed by atoms with Crippen LogP contribution in [0.3, 0.4) is 0 Å². The molecule has 10 nitrogen and oxygen atoms in total. The van der Waals surface area contributed by atoms with Gasteiger partial charge in [-0.25, -0.2) is 24.9 Å². The summed E-state index contributed by atoms with van der Waals surface area (Å²) in [6.45, 7) is 5.19. The maximum absolute atomic E-state index is 6.03. The van der Waals surface area contributed by atoms with Crippen molar-refractivity contribution in [2.24, 2.45) is 10.7 Å². The smallest absolute Gasteiger partial charge is 0.157 e. The number of aryl methyl sites for hydroxylation is 2. The standard InChI is InChI=1S/C27H26N8O2/c1-18-13-20(3-6-25(18)37-22-7-8-30-26(15-22)31-16-28)34-27-23-14-21(4-5-24(23)32-17-33-27)36-12-11-35-10-9-29-19(35)2/h3-10,13-17H,11-12H2,1-2H3,(H2,28,30,31)(H,32,33,34). The van der Waals surface area contributed by atoms with E-state index in [9.17, 15) is 0 Å². The number of benzene rings is 2. The fraction of sp³-hybridized carbons (Fsp3) is 0.148. The van der Waals surface area contributed by atoms with Crippen molar-refractivity contribution in [3.8, 4) is 17.2 Å². The Morgan fingerprint density at radius 2 is 1.89 bits per heavy atom. The number of imidazole rings is 1. The van der Waals surface area contributed by atoms with E-state index in [0.29, 0.717) is 24.0 Å². The Bertz CT molecular complexity index is 1560.